The van der Waals surface area contributed by atoms with Crippen LogP contribution in [0.1, 0.15) is 10.4 Å². The molecule has 1 amide bonds. The van der Waals surface area contributed by atoms with Crippen molar-refractivity contribution in [1.29, 1.82) is 0 Å². The molecule has 0 fully saturated rings. The van der Waals surface area contributed by atoms with Crippen LogP contribution in [0.5, 0.6) is 0 Å². The zero-order valence-electron chi connectivity index (χ0n) is 13.4. The molecule has 0 saturated heterocycles. The Balaban J connectivity index is 1.68. The smallest absolute Gasteiger partial charge is 0.256 e. The Morgan fingerprint density at radius 1 is 1.04 bits per heavy atom. The lowest BCUT2D eigenvalue weighted by Gasteiger charge is -2.10. The number of hydrogen-bond acceptors (Lipinski definition) is 3. The van der Waals surface area contributed by atoms with Crippen molar-refractivity contribution >= 4 is 60.7 Å². The van der Waals surface area contributed by atoms with Crippen LogP contribution in [-0.4, -0.2) is 10.9 Å². The number of rotatable bonds is 3. The van der Waals surface area contributed by atoms with Gasteiger partial charge in [0.1, 0.15) is 5.01 Å². The third-order valence-corrected chi connectivity index (χ3v) is 5.98. The van der Waals surface area contributed by atoms with Gasteiger partial charge in [-0.2, -0.15) is 0 Å². The average molecular weight is 444 g/mol. The minimum Gasteiger partial charge on any atom is -0.321 e. The summed E-state index contributed by atoms with van der Waals surface area (Å²) in [5, 5.41) is 4.26. The molecule has 1 aromatic heterocycles. The molecule has 26 heavy (non-hydrogen) atoms. The first-order valence-electron chi connectivity index (χ1n) is 7.83. The van der Waals surface area contributed by atoms with Gasteiger partial charge in [0.05, 0.1) is 26.5 Å². The number of thiazole rings is 1. The first kappa shape index (κ1) is 17.2. The number of carbonyl (C=O) groups is 1. The highest BCUT2D eigenvalue weighted by Crippen LogP contribution is 2.34. The molecule has 0 saturated carbocycles. The van der Waals surface area contributed by atoms with Crippen LogP contribution in [0.2, 0.25) is 5.02 Å². The first-order valence-corrected chi connectivity index (χ1v) is 9.82. The molecular weight excluding hydrogens is 432 g/mol. The van der Waals surface area contributed by atoms with Crippen molar-refractivity contribution in [3.05, 3.63) is 81.8 Å². The molecule has 0 radical (unpaired) electrons. The van der Waals surface area contributed by atoms with Gasteiger partial charge in [0.25, 0.3) is 5.91 Å². The normalized spacial score (nSPS) is 10.8. The van der Waals surface area contributed by atoms with Gasteiger partial charge in [-0.15, -0.1) is 11.3 Å². The number of benzene rings is 3. The minimum absolute atomic E-state index is 0.221. The lowest BCUT2D eigenvalue weighted by molar-refractivity contribution is 0.102. The molecule has 4 aromatic rings. The van der Waals surface area contributed by atoms with Crippen molar-refractivity contribution in [2.75, 3.05) is 5.32 Å². The van der Waals surface area contributed by atoms with E-state index in [1.807, 2.05) is 54.6 Å². The van der Waals surface area contributed by atoms with E-state index in [1.54, 1.807) is 23.5 Å². The van der Waals surface area contributed by atoms with Crippen molar-refractivity contribution < 1.29 is 4.79 Å². The Bertz CT molecular complexity index is 1090. The zero-order chi connectivity index (χ0) is 18.1. The van der Waals surface area contributed by atoms with Gasteiger partial charge in [0.2, 0.25) is 0 Å². The van der Waals surface area contributed by atoms with E-state index in [9.17, 15) is 4.79 Å². The summed E-state index contributed by atoms with van der Waals surface area (Å²) < 4.78 is 1.85. The Labute approximate surface area is 167 Å². The standard InChI is InChI=1S/C20H12BrClN2OS/c21-14-6-2-1-5-13(14)19(25)23-17-11-12(9-10-15(17)22)20-24-16-7-3-4-8-18(16)26-20/h1-11H,(H,23,25). The molecule has 0 atom stereocenters. The van der Waals surface area contributed by atoms with E-state index in [-0.39, 0.29) is 5.91 Å². The predicted octanol–water partition coefficient (Wildman–Crippen LogP) is 6.63. The Kier molecular flexibility index (Phi) is 4.76. The lowest BCUT2D eigenvalue weighted by atomic mass is 10.1. The number of aromatic nitrogens is 1. The third-order valence-electron chi connectivity index (χ3n) is 3.87. The summed E-state index contributed by atoms with van der Waals surface area (Å²) in [5.74, 6) is -0.221. The Morgan fingerprint density at radius 3 is 2.62 bits per heavy atom. The number of carbonyl (C=O) groups excluding carboxylic acids is 1. The maximum absolute atomic E-state index is 12.6. The first-order chi connectivity index (χ1) is 12.6. The molecule has 0 aliphatic rings. The van der Waals surface area contributed by atoms with Gasteiger partial charge in [0.15, 0.2) is 0 Å². The van der Waals surface area contributed by atoms with Gasteiger partial charge in [-0.05, 0) is 52.3 Å². The van der Waals surface area contributed by atoms with E-state index in [1.165, 1.54) is 0 Å². The van der Waals surface area contributed by atoms with Crippen LogP contribution in [0.3, 0.4) is 0 Å². The van der Waals surface area contributed by atoms with Gasteiger partial charge in [-0.1, -0.05) is 41.9 Å². The summed E-state index contributed by atoms with van der Waals surface area (Å²) in [5.41, 5.74) is 2.98. The maximum Gasteiger partial charge on any atom is 0.256 e. The maximum atomic E-state index is 12.6. The van der Waals surface area contributed by atoms with Crippen molar-refractivity contribution in [3.63, 3.8) is 0 Å². The third kappa shape index (κ3) is 3.38. The van der Waals surface area contributed by atoms with Gasteiger partial charge < -0.3 is 5.32 Å². The number of amides is 1. The second-order valence-corrected chi connectivity index (χ2v) is 7.91. The van der Waals surface area contributed by atoms with E-state index in [4.69, 9.17) is 11.6 Å². The van der Waals surface area contributed by atoms with Crippen LogP contribution >= 0.6 is 38.9 Å². The molecule has 0 bridgehead atoms. The Morgan fingerprint density at radius 2 is 1.81 bits per heavy atom. The Hall–Kier alpha value is -2.21. The average Bonchev–Trinajstić information content (AvgIpc) is 3.08. The zero-order valence-corrected chi connectivity index (χ0v) is 16.5. The van der Waals surface area contributed by atoms with Crippen LogP contribution in [0.25, 0.3) is 20.8 Å². The molecule has 0 unspecified atom stereocenters. The second kappa shape index (κ2) is 7.19. The van der Waals surface area contributed by atoms with E-state index in [0.717, 1.165) is 25.3 Å². The van der Waals surface area contributed by atoms with Crippen LogP contribution in [-0.2, 0) is 0 Å². The molecule has 1 N–H and O–H groups in total. The van der Waals surface area contributed by atoms with Gasteiger partial charge in [-0.25, -0.2) is 4.98 Å². The number of halogens is 2. The highest BCUT2D eigenvalue weighted by atomic mass is 79.9. The molecular formula is C20H12BrClN2OS. The molecule has 6 heteroatoms. The SMILES string of the molecule is O=C(Nc1cc(-c2nc3ccccc3s2)ccc1Cl)c1ccccc1Br. The highest BCUT2D eigenvalue weighted by molar-refractivity contribution is 9.10. The molecule has 4 rings (SSSR count). The molecule has 3 aromatic carbocycles. The van der Waals surface area contributed by atoms with Gasteiger partial charge >= 0.3 is 0 Å². The number of para-hydroxylation sites is 1. The topological polar surface area (TPSA) is 42.0 Å². The molecule has 1 heterocycles. The molecule has 0 aliphatic carbocycles. The quantitative estimate of drug-likeness (QED) is 0.386. The number of hydrogen-bond donors (Lipinski definition) is 1. The monoisotopic (exact) mass is 442 g/mol. The molecule has 0 spiro atoms. The fourth-order valence-electron chi connectivity index (χ4n) is 2.58. The van der Waals surface area contributed by atoms with Crippen molar-refractivity contribution in [3.8, 4) is 10.6 Å². The van der Waals surface area contributed by atoms with Crippen molar-refractivity contribution in [2.24, 2.45) is 0 Å². The van der Waals surface area contributed by atoms with Gasteiger partial charge in [0, 0.05) is 10.0 Å². The minimum atomic E-state index is -0.221. The van der Waals surface area contributed by atoms with Crippen LogP contribution in [0, 0.1) is 0 Å². The lowest BCUT2D eigenvalue weighted by Crippen LogP contribution is -2.12. The van der Waals surface area contributed by atoms with E-state index >= 15 is 0 Å². The second-order valence-electron chi connectivity index (χ2n) is 5.62. The summed E-state index contributed by atoms with van der Waals surface area (Å²) >= 11 is 11.3. The molecule has 128 valence electrons. The summed E-state index contributed by atoms with van der Waals surface area (Å²) in [7, 11) is 0. The number of anilines is 1. The number of nitrogens with zero attached hydrogens (tertiary/aromatic N) is 1. The van der Waals surface area contributed by atoms with Gasteiger partial charge in [-0.3, -0.25) is 4.79 Å². The number of nitrogens with one attached hydrogen (secondary N) is 1. The predicted molar refractivity (Wildman–Crippen MR) is 112 cm³/mol. The summed E-state index contributed by atoms with van der Waals surface area (Å²) in [4.78, 5) is 17.2. The van der Waals surface area contributed by atoms with Crippen molar-refractivity contribution in [1.82, 2.24) is 4.98 Å². The van der Waals surface area contributed by atoms with E-state index in [0.29, 0.717) is 16.3 Å². The van der Waals surface area contributed by atoms with Crippen LogP contribution in [0.15, 0.2) is 71.2 Å². The fourth-order valence-corrected chi connectivity index (χ4v) is 4.18. The summed E-state index contributed by atoms with van der Waals surface area (Å²) in [6.07, 6.45) is 0. The summed E-state index contributed by atoms with van der Waals surface area (Å²) in [6, 6.07) is 20.8. The highest BCUT2D eigenvalue weighted by Gasteiger charge is 2.13. The molecule has 0 aliphatic heterocycles. The van der Waals surface area contributed by atoms with E-state index < -0.39 is 0 Å². The van der Waals surface area contributed by atoms with Crippen molar-refractivity contribution in [2.45, 2.75) is 0 Å². The van der Waals surface area contributed by atoms with Crippen LogP contribution < -0.4 is 5.32 Å². The fraction of sp³-hybridized carbons (Fsp3) is 0. The molecule has 3 nitrogen and oxygen atoms in total. The largest absolute Gasteiger partial charge is 0.321 e. The number of fused-ring (bicyclic) bond motifs is 1. The van der Waals surface area contributed by atoms with Crippen LogP contribution in [0.4, 0.5) is 5.69 Å². The summed E-state index contributed by atoms with van der Waals surface area (Å²) in [6.45, 7) is 0. The van der Waals surface area contributed by atoms with E-state index in [2.05, 4.69) is 26.2 Å².